The lowest BCUT2D eigenvalue weighted by Crippen LogP contribution is -2.49. The lowest BCUT2D eigenvalue weighted by Gasteiger charge is -2.39. The van der Waals surface area contributed by atoms with Gasteiger partial charge in [0.2, 0.25) is 6.71 Å². The van der Waals surface area contributed by atoms with Crippen molar-refractivity contribution in [1.29, 1.82) is 0 Å². The van der Waals surface area contributed by atoms with Gasteiger partial charge in [-0.3, -0.25) is 0 Å². The van der Waals surface area contributed by atoms with Gasteiger partial charge >= 0.3 is 0 Å². The number of hydrogen-bond donors (Lipinski definition) is 0. The zero-order valence-electron chi connectivity index (χ0n) is 28.4. The Morgan fingerprint density at radius 1 is 0.520 bits per heavy atom. The van der Waals surface area contributed by atoms with Crippen molar-refractivity contribution >= 4 is 87.8 Å². The maximum Gasteiger partial charge on any atom is 0.212 e. The van der Waals surface area contributed by atoms with Gasteiger partial charge in [-0.05, 0) is 81.7 Å². The van der Waals surface area contributed by atoms with Crippen LogP contribution in [0.1, 0.15) is 11.1 Å². The van der Waals surface area contributed by atoms with Crippen molar-refractivity contribution in [3.8, 4) is 22.3 Å². The van der Waals surface area contributed by atoms with E-state index >= 15 is 0 Å². The molecule has 0 saturated heterocycles. The van der Waals surface area contributed by atoms with E-state index in [9.17, 15) is 0 Å². The summed E-state index contributed by atoms with van der Waals surface area (Å²) in [4.78, 5) is 2.60. The molecular weight excluding hydrogens is 621 g/mol. The molecule has 1 aliphatic rings. The summed E-state index contributed by atoms with van der Waals surface area (Å²) >= 11 is 1.94. The van der Waals surface area contributed by atoms with Gasteiger partial charge in [0.15, 0.2) is 0 Å². The molecule has 50 heavy (non-hydrogen) atoms. The van der Waals surface area contributed by atoms with Crippen LogP contribution >= 0.6 is 11.3 Å². The molecule has 0 spiro atoms. The Hall–Kier alpha value is -5.64. The van der Waals surface area contributed by atoms with Gasteiger partial charge in [-0.25, -0.2) is 0 Å². The summed E-state index contributed by atoms with van der Waals surface area (Å²) in [7, 11) is 0. The molecule has 2 heterocycles. The first-order chi connectivity index (χ1) is 24.6. The van der Waals surface area contributed by atoms with Crippen LogP contribution < -0.4 is 15.8 Å². The molecule has 0 aliphatic carbocycles. The van der Waals surface area contributed by atoms with Crippen molar-refractivity contribution in [2.45, 2.75) is 20.7 Å². The van der Waals surface area contributed by atoms with Crippen molar-refractivity contribution in [1.82, 2.24) is 0 Å². The second kappa shape index (κ2) is 11.2. The van der Waals surface area contributed by atoms with E-state index in [1.165, 1.54) is 103 Å². The van der Waals surface area contributed by atoms with E-state index in [0.29, 0.717) is 0 Å². The SMILES string of the molecule is CB1c2ccc3ccccc3c2N(c2cccc3ccccc23)c2cc3c(sc4ccccc43)c(-c3cccc(-c4ccccc4C)c3C)c21. The van der Waals surface area contributed by atoms with Crippen LogP contribution in [-0.2, 0) is 0 Å². The normalized spacial score (nSPS) is 12.6. The molecular formula is C47H34BNS. The van der Waals surface area contributed by atoms with Crippen molar-refractivity contribution in [2.75, 3.05) is 4.90 Å². The quantitative estimate of drug-likeness (QED) is 0.171. The average Bonchev–Trinajstić information content (AvgIpc) is 3.53. The Bertz CT molecular complexity index is 2820. The first-order valence-corrected chi connectivity index (χ1v) is 18.3. The van der Waals surface area contributed by atoms with Gasteiger partial charge in [-0.15, -0.1) is 11.3 Å². The highest BCUT2D eigenvalue weighted by Gasteiger charge is 2.37. The van der Waals surface area contributed by atoms with Crippen LogP contribution in [0, 0.1) is 13.8 Å². The van der Waals surface area contributed by atoms with Gasteiger partial charge in [0.25, 0.3) is 0 Å². The lowest BCUT2D eigenvalue weighted by molar-refractivity contribution is 1.33. The fourth-order valence-corrected chi connectivity index (χ4v) is 9.88. The van der Waals surface area contributed by atoms with Gasteiger partial charge in [0.05, 0.1) is 5.69 Å². The number of thiophene rings is 1. The van der Waals surface area contributed by atoms with E-state index in [4.69, 9.17) is 0 Å². The predicted molar refractivity (Wildman–Crippen MR) is 220 cm³/mol. The Morgan fingerprint density at radius 2 is 1.16 bits per heavy atom. The molecule has 10 rings (SSSR count). The van der Waals surface area contributed by atoms with Crippen LogP contribution in [0.3, 0.4) is 0 Å². The first-order valence-electron chi connectivity index (χ1n) is 17.5. The number of anilines is 3. The smallest absolute Gasteiger partial charge is 0.212 e. The summed E-state index contributed by atoms with van der Waals surface area (Å²) < 4.78 is 2.69. The molecule has 0 unspecified atom stereocenters. The number of benzene rings is 8. The molecule has 3 heteroatoms. The molecule has 0 radical (unpaired) electrons. The fraction of sp³-hybridized carbons (Fsp3) is 0.0638. The Balaban J connectivity index is 1.39. The molecule has 0 bridgehead atoms. The van der Waals surface area contributed by atoms with Gasteiger partial charge in [0, 0.05) is 42.3 Å². The van der Waals surface area contributed by atoms with Crippen LogP contribution in [0.5, 0.6) is 0 Å². The van der Waals surface area contributed by atoms with Crippen LogP contribution in [0.2, 0.25) is 6.82 Å². The highest BCUT2D eigenvalue weighted by Crippen LogP contribution is 2.49. The third-order valence-electron chi connectivity index (χ3n) is 11.0. The summed E-state index contributed by atoms with van der Waals surface area (Å²) in [5, 5.41) is 7.68. The molecule has 0 fully saturated rings. The van der Waals surface area contributed by atoms with E-state index in [1.807, 2.05) is 11.3 Å². The maximum absolute atomic E-state index is 2.60. The molecule has 1 aromatic heterocycles. The number of nitrogens with zero attached hydrogens (tertiary/aromatic N) is 1. The van der Waals surface area contributed by atoms with Gasteiger partial charge in [0.1, 0.15) is 0 Å². The zero-order chi connectivity index (χ0) is 33.5. The van der Waals surface area contributed by atoms with Crippen LogP contribution in [0.4, 0.5) is 17.1 Å². The summed E-state index contributed by atoms with van der Waals surface area (Å²) in [6, 6.07) is 56.4. The molecule has 1 nitrogen and oxygen atoms in total. The summed E-state index contributed by atoms with van der Waals surface area (Å²) in [5.41, 5.74) is 14.4. The minimum atomic E-state index is 0.168. The molecule has 8 aromatic carbocycles. The van der Waals surface area contributed by atoms with Crippen molar-refractivity contribution in [3.05, 3.63) is 163 Å². The molecule has 0 saturated carbocycles. The summed E-state index contributed by atoms with van der Waals surface area (Å²) in [5.74, 6) is 0. The number of aryl methyl sites for hydroxylation is 1. The zero-order valence-corrected chi connectivity index (χ0v) is 29.2. The van der Waals surface area contributed by atoms with Crippen molar-refractivity contribution in [3.63, 3.8) is 0 Å². The average molecular weight is 656 g/mol. The molecule has 0 atom stereocenters. The number of rotatable bonds is 3. The maximum atomic E-state index is 2.60. The molecule has 0 N–H and O–H groups in total. The topological polar surface area (TPSA) is 3.24 Å². The highest BCUT2D eigenvalue weighted by atomic mass is 32.1. The lowest BCUT2D eigenvalue weighted by atomic mass is 9.39. The molecule has 0 amide bonds. The van der Waals surface area contributed by atoms with Gasteiger partial charge in [-0.2, -0.15) is 0 Å². The van der Waals surface area contributed by atoms with Crippen LogP contribution in [0.25, 0.3) is 64.0 Å². The Labute approximate surface area is 297 Å². The summed E-state index contributed by atoms with van der Waals surface area (Å²) in [6.45, 7) is 7.15. The first kappa shape index (κ1) is 29.3. The van der Waals surface area contributed by atoms with Crippen molar-refractivity contribution in [2.24, 2.45) is 0 Å². The van der Waals surface area contributed by atoms with Gasteiger partial charge < -0.3 is 4.90 Å². The minimum absolute atomic E-state index is 0.168. The van der Waals surface area contributed by atoms with Crippen LogP contribution in [-0.4, -0.2) is 6.71 Å². The Kier molecular flexibility index (Phi) is 6.56. The molecule has 1 aliphatic heterocycles. The van der Waals surface area contributed by atoms with Crippen LogP contribution in [0.15, 0.2) is 152 Å². The second-order valence-corrected chi connectivity index (χ2v) is 14.8. The number of fused-ring (bicyclic) bond motifs is 8. The van der Waals surface area contributed by atoms with E-state index < -0.39 is 0 Å². The predicted octanol–water partition coefficient (Wildman–Crippen LogP) is 12.3. The van der Waals surface area contributed by atoms with E-state index in [1.54, 1.807) is 0 Å². The Morgan fingerprint density at radius 3 is 2.00 bits per heavy atom. The van der Waals surface area contributed by atoms with Gasteiger partial charge in [-0.1, -0.05) is 146 Å². The highest BCUT2D eigenvalue weighted by molar-refractivity contribution is 7.26. The third-order valence-corrected chi connectivity index (χ3v) is 12.2. The monoisotopic (exact) mass is 655 g/mol. The second-order valence-electron chi connectivity index (χ2n) is 13.7. The van der Waals surface area contributed by atoms with E-state index in [-0.39, 0.29) is 6.71 Å². The largest absolute Gasteiger partial charge is 0.310 e. The molecule has 9 aromatic rings. The van der Waals surface area contributed by atoms with E-state index in [2.05, 4.69) is 177 Å². The number of hydrogen-bond acceptors (Lipinski definition) is 2. The third kappa shape index (κ3) is 4.20. The summed E-state index contributed by atoms with van der Waals surface area (Å²) in [6.07, 6.45) is 0. The standard InChI is InChI=1S/C47H34BNS/c1-29-14-4-7-18-33(29)34-22-13-23-35(30(34)2)44-45-42(28-39-38-21-10-11-25-43(38)50-47(39)44)49(41-24-12-17-31-15-5-8-19-36(31)41)46-37-20-9-6-16-32(37)26-27-40(46)48(45)3/h4-28H,1-3H3. The van der Waals surface area contributed by atoms with Crippen molar-refractivity contribution < 1.29 is 0 Å². The fourth-order valence-electron chi connectivity index (χ4n) is 8.62. The molecule has 236 valence electrons. The minimum Gasteiger partial charge on any atom is -0.310 e. The van der Waals surface area contributed by atoms with E-state index in [0.717, 1.165) is 0 Å².